The van der Waals surface area contributed by atoms with Crippen LogP contribution in [0, 0.1) is 6.92 Å². The monoisotopic (exact) mass is 347 g/mol. The highest BCUT2D eigenvalue weighted by atomic mass is 79.9. The molecule has 0 saturated heterocycles. The number of fused-ring (bicyclic) bond motifs is 1. The SMILES string of the molecule is Cc1cc(Br)cc(CN)c1OCC1Cc2ccccc2O1. The second-order valence-electron chi connectivity index (χ2n) is 5.28. The standard InChI is InChI=1S/C17H18BrNO2/c1-11-6-14(18)7-13(9-19)17(11)20-10-15-8-12-4-2-3-5-16(12)21-15/h2-7,15H,8-10,19H2,1H3. The fourth-order valence-corrected chi connectivity index (χ4v) is 3.30. The summed E-state index contributed by atoms with van der Waals surface area (Å²) in [5, 5.41) is 0. The summed E-state index contributed by atoms with van der Waals surface area (Å²) in [7, 11) is 0. The summed E-state index contributed by atoms with van der Waals surface area (Å²) in [6, 6.07) is 12.2. The van der Waals surface area contributed by atoms with Gasteiger partial charge in [0, 0.05) is 23.0 Å². The lowest BCUT2D eigenvalue weighted by Gasteiger charge is -2.17. The van der Waals surface area contributed by atoms with Gasteiger partial charge in [-0.15, -0.1) is 0 Å². The third-order valence-corrected chi connectivity index (χ3v) is 4.12. The summed E-state index contributed by atoms with van der Waals surface area (Å²) in [4.78, 5) is 0. The molecule has 0 spiro atoms. The Kier molecular flexibility index (Phi) is 4.17. The van der Waals surface area contributed by atoms with Crippen molar-refractivity contribution in [2.24, 2.45) is 5.73 Å². The molecule has 2 aromatic carbocycles. The van der Waals surface area contributed by atoms with Crippen molar-refractivity contribution in [3.05, 3.63) is 57.6 Å². The van der Waals surface area contributed by atoms with Gasteiger partial charge in [-0.25, -0.2) is 0 Å². The second kappa shape index (κ2) is 6.08. The highest BCUT2D eigenvalue weighted by Crippen LogP contribution is 2.31. The average molecular weight is 348 g/mol. The molecule has 0 aromatic heterocycles. The number of ether oxygens (including phenoxy) is 2. The molecule has 21 heavy (non-hydrogen) atoms. The first-order valence-electron chi connectivity index (χ1n) is 7.04. The van der Waals surface area contributed by atoms with Gasteiger partial charge in [-0.3, -0.25) is 0 Å². The lowest BCUT2D eigenvalue weighted by Crippen LogP contribution is -2.23. The number of aryl methyl sites for hydroxylation is 1. The molecule has 1 aliphatic heterocycles. The van der Waals surface area contributed by atoms with Gasteiger partial charge in [-0.1, -0.05) is 34.1 Å². The molecule has 4 heteroatoms. The third kappa shape index (κ3) is 3.06. The van der Waals surface area contributed by atoms with Crippen LogP contribution in [0.2, 0.25) is 0 Å². The van der Waals surface area contributed by atoms with Crippen LogP contribution in [0.5, 0.6) is 11.5 Å². The Labute approximate surface area is 133 Å². The van der Waals surface area contributed by atoms with E-state index in [1.54, 1.807) is 0 Å². The second-order valence-corrected chi connectivity index (χ2v) is 6.19. The molecule has 2 aromatic rings. The highest BCUT2D eigenvalue weighted by Gasteiger charge is 2.23. The molecule has 0 saturated carbocycles. The molecule has 2 N–H and O–H groups in total. The van der Waals surface area contributed by atoms with E-state index < -0.39 is 0 Å². The predicted octanol–water partition coefficient (Wildman–Crippen LogP) is 3.60. The molecular weight excluding hydrogens is 330 g/mol. The molecule has 110 valence electrons. The van der Waals surface area contributed by atoms with Crippen molar-refractivity contribution in [3.63, 3.8) is 0 Å². The van der Waals surface area contributed by atoms with Gasteiger partial charge in [0.1, 0.15) is 24.2 Å². The Morgan fingerprint density at radius 3 is 2.90 bits per heavy atom. The molecule has 0 aliphatic carbocycles. The summed E-state index contributed by atoms with van der Waals surface area (Å²) >= 11 is 3.49. The van der Waals surface area contributed by atoms with Crippen molar-refractivity contribution < 1.29 is 9.47 Å². The number of hydrogen-bond acceptors (Lipinski definition) is 3. The number of nitrogens with two attached hydrogens (primary N) is 1. The van der Waals surface area contributed by atoms with E-state index in [9.17, 15) is 0 Å². The van der Waals surface area contributed by atoms with Gasteiger partial charge in [-0.2, -0.15) is 0 Å². The molecule has 1 heterocycles. The fraction of sp³-hybridized carbons (Fsp3) is 0.294. The van der Waals surface area contributed by atoms with Crippen molar-refractivity contribution in [1.82, 2.24) is 0 Å². The summed E-state index contributed by atoms with van der Waals surface area (Å²) in [6.45, 7) is 3.02. The van der Waals surface area contributed by atoms with Gasteiger partial charge in [0.15, 0.2) is 0 Å². The maximum absolute atomic E-state index is 6.00. The van der Waals surface area contributed by atoms with Gasteiger partial charge in [0.25, 0.3) is 0 Å². The smallest absolute Gasteiger partial charge is 0.137 e. The topological polar surface area (TPSA) is 44.5 Å². The number of rotatable bonds is 4. The minimum Gasteiger partial charge on any atom is -0.489 e. The minimum atomic E-state index is 0.0658. The molecule has 1 aliphatic rings. The first kappa shape index (κ1) is 14.4. The molecule has 0 bridgehead atoms. The number of benzene rings is 2. The Hall–Kier alpha value is -1.52. The third-order valence-electron chi connectivity index (χ3n) is 3.66. The molecule has 1 unspecified atom stereocenters. The van der Waals surface area contributed by atoms with Crippen molar-refractivity contribution in [2.75, 3.05) is 6.61 Å². The van der Waals surface area contributed by atoms with E-state index in [4.69, 9.17) is 15.2 Å². The largest absolute Gasteiger partial charge is 0.489 e. The van der Waals surface area contributed by atoms with Crippen LogP contribution in [0.25, 0.3) is 0 Å². The zero-order valence-corrected chi connectivity index (χ0v) is 13.5. The number of halogens is 1. The zero-order chi connectivity index (χ0) is 14.8. The number of para-hydroxylation sites is 1. The molecule has 3 nitrogen and oxygen atoms in total. The van der Waals surface area contributed by atoms with E-state index in [2.05, 4.69) is 22.0 Å². The minimum absolute atomic E-state index is 0.0658. The van der Waals surface area contributed by atoms with Gasteiger partial charge >= 0.3 is 0 Å². The van der Waals surface area contributed by atoms with Gasteiger partial charge < -0.3 is 15.2 Å². The van der Waals surface area contributed by atoms with Gasteiger partial charge in [0.05, 0.1) is 0 Å². The lowest BCUT2D eigenvalue weighted by molar-refractivity contribution is 0.147. The molecular formula is C17H18BrNO2. The van der Waals surface area contributed by atoms with Crippen molar-refractivity contribution in [1.29, 1.82) is 0 Å². The molecule has 0 radical (unpaired) electrons. The Bertz CT molecular complexity index is 632. The molecule has 1 atom stereocenters. The highest BCUT2D eigenvalue weighted by molar-refractivity contribution is 9.10. The summed E-state index contributed by atoms with van der Waals surface area (Å²) < 4.78 is 12.9. The van der Waals surface area contributed by atoms with Crippen LogP contribution in [-0.2, 0) is 13.0 Å². The van der Waals surface area contributed by atoms with Crippen LogP contribution in [0.1, 0.15) is 16.7 Å². The van der Waals surface area contributed by atoms with E-state index in [0.717, 1.165) is 33.5 Å². The van der Waals surface area contributed by atoms with Crippen LogP contribution < -0.4 is 15.2 Å². The van der Waals surface area contributed by atoms with Gasteiger partial charge in [0.2, 0.25) is 0 Å². The van der Waals surface area contributed by atoms with Crippen LogP contribution in [-0.4, -0.2) is 12.7 Å². The van der Waals surface area contributed by atoms with Crippen LogP contribution in [0.4, 0.5) is 0 Å². The fourth-order valence-electron chi connectivity index (χ4n) is 2.68. The summed E-state index contributed by atoms with van der Waals surface area (Å²) in [6.07, 6.45) is 0.958. The maximum atomic E-state index is 6.00. The molecule has 0 amide bonds. The van der Waals surface area contributed by atoms with Crippen molar-refractivity contribution in [2.45, 2.75) is 26.0 Å². The average Bonchev–Trinajstić information content (AvgIpc) is 2.88. The van der Waals surface area contributed by atoms with E-state index in [1.807, 2.05) is 37.3 Å². The summed E-state index contributed by atoms with van der Waals surface area (Å²) in [5.74, 6) is 1.85. The predicted molar refractivity (Wildman–Crippen MR) is 86.8 cm³/mol. The molecule has 0 fully saturated rings. The number of hydrogen-bond donors (Lipinski definition) is 1. The van der Waals surface area contributed by atoms with E-state index >= 15 is 0 Å². The lowest BCUT2D eigenvalue weighted by atomic mass is 10.1. The Balaban J connectivity index is 1.70. The van der Waals surface area contributed by atoms with Gasteiger partial charge in [-0.05, 0) is 36.2 Å². The van der Waals surface area contributed by atoms with Crippen LogP contribution in [0.15, 0.2) is 40.9 Å². The Morgan fingerprint density at radius 2 is 2.14 bits per heavy atom. The summed E-state index contributed by atoms with van der Waals surface area (Å²) in [5.41, 5.74) is 9.15. The molecule has 3 rings (SSSR count). The van der Waals surface area contributed by atoms with E-state index in [0.29, 0.717) is 13.2 Å². The quantitative estimate of drug-likeness (QED) is 0.918. The first-order valence-corrected chi connectivity index (χ1v) is 7.83. The zero-order valence-electron chi connectivity index (χ0n) is 11.9. The van der Waals surface area contributed by atoms with Crippen LogP contribution >= 0.6 is 15.9 Å². The van der Waals surface area contributed by atoms with Crippen molar-refractivity contribution in [3.8, 4) is 11.5 Å². The van der Waals surface area contributed by atoms with Crippen molar-refractivity contribution >= 4 is 15.9 Å². The Morgan fingerprint density at radius 1 is 1.33 bits per heavy atom. The maximum Gasteiger partial charge on any atom is 0.137 e. The van der Waals surface area contributed by atoms with E-state index in [-0.39, 0.29) is 6.10 Å². The van der Waals surface area contributed by atoms with Crippen LogP contribution in [0.3, 0.4) is 0 Å². The van der Waals surface area contributed by atoms with E-state index in [1.165, 1.54) is 5.56 Å². The normalized spacial score (nSPS) is 16.4. The first-order chi connectivity index (χ1) is 10.2.